The average Bonchev–Trinajstić information content (AvgIpc) is 2.96. The molecule has 3 amide bonds. The van der Waals surface area contributed by atoms with Crippen LogP contribution in [0.2, 0.25) is 0 Å². The van der Waals surface area contributed by atoms with Crippen LogP contribution >= 0.6 is 0 Å². The van der Waals surface area contributed by atoms with Crippen molar-refractivity contribution in [2.24, 2.45) is 0 Å². The standard InChI is InChI=1S/C19H26N4O3/c1-15(24)21-8-10-23(11-9-21)19(26)17-12-16(13-20-14-17)18(25)22-6-4-2-3-5-7-22/h12-14H,2-11H2,1H3. The molecule has 26 heavy (non-hydrogen) atoms. The predicted molar refractivity (Wildman–Crippen MR) is 96.8 cm³/mol. The van der Waals surface area contributed by atoms with E-state index in [0.29, 0.717) is 37.3 Å². The Bertz CT molecular complexity index is 675. The first-order valence-corrected chi connectivity index (χ1v) is 9.35. The maximum absolute atomic E-state index is 12.7. The zero-order valence-electron chi connectivity index (χ0n) is 15.3. The summed E-state index contributed by atoms with van der Waals surface area (Å²) < 4.78 is 0. The summed E-state index contributed by atoms with van der Waals surface area (Å²) in [6.45, 7) is 5.17. The Morgan fingerprint density at radius 2 is 1.19 bits per heavy atom. The molecule has 2 fully saturated rings. The highest BCUT2D eigenvalue weighted by Gasteiger charge is 2.25. The molecule has 0 radical (unpaired) electrons. The van der Waals surface area contributed by atoms with Crippen LogP contribution in [0.5, 0.6) is 0 Å². The second-order valence-electron chi connectivity index (χ2n) is 6.97. The third kappa shape index (κ3) is 4.20. The van der Waals surface area contributed by atoms with Gasteiger partial charge in [-0.15, -0.1) is 0 Å². The highest BCUT2D eigenvalue weighted by atomic mass is 16.2. The Morgan fingerprint density at radius 3 is 1.69 bits per heavy atom. The van der Waals surface area contributed by atoms with Gasteiger partial charge < -0.3 is 14.7 Å². The lowest BCUT2D eigenvalue weighted by Gasteiger charge is -2.34. The van der Waals surface area contributed by atoms with E-state index in [1.54, 1.807) is 22.8 Å². The van der Waals surface area contributed by atoms with Crippen molar-refractivity contribution in [1.29, 1.82) is 0 Å². The van der Waals surface area contributed by atoms with Crippen LogP contribution in [0.3, 0.4) is 0 Å². The zero-order chi connectivity index (χ0) is 18.5. The van der Waals surface area contributed by atoms with Gasteiger partial charge in [0.05, 0.1) is 11.1 Å². The van der Waals surface area contributed by atoms with Crippen LogP contribution in [0.15, 0.2) is 18.5 Å². The molecule has 1 aromatic rings. The Labute approximate surface area is 154 Å². The Balaban J connectivity index is 1.67. The molecule has 2 aliphatic rings. The monoisotopic (exact) mass is 358 g/mol. The molecule has 7 heteroatoms. The van der Waals surface area contributed by atoms with E-state index in [0.717, 1.165) is 38.8 Å². The van der Waals surface area contributed by atoms with Gasteiger partial charge in [0, 0.05) is 58.6 Å². The minimum absolute atomic E-state index is 0.0313. The normalized spacial score (nSPS) is 18.4. The largest absolute Gasteiger partial charge is 0.339 e. The second-order valence-corrected chi connectivity index (χ2v) is 6.97. The lowest BCUT2D eigenvalue weighted by Crippen LogP contribution is -2.50. The quantitative estimate of drug-likeness (QED) is 0.801. The first-order valence-electron chi connectivity index (χ1n) is 9.35. The van der Waals surface area contributed by atoms with Gasteiger partial charge in [0.2, 0.25) is 5.91 Å². The van der Waals surface area contributed by atoms with Crippen molar-refractivity contribution < 1.29 is 14.4 Å². The highest BCUT2D eigenvalue weighted by Crippen LogP contribution is 2.15. The Morgan fingerprint density at radius 1 is 0.731 bits per heavy atom. The van der Waals surface area contributed by atoms with E-state index in [1.165, 1.54) is 12.4 Å². The zero-order valence-corrected chi connectivity index (χ0v) is 15.3. The van der Waals surface area contributed by atoms with Crippen LogP contribution < -0.4 is 0 Å². The summed E-state index contributed by atoms with van der Waals surface area (Å²) in [6.07, 6.45) is 7.42. The molecule has 0 bridgehead atoms. The number of nitrogens with zero attached hydrogens (tertiary/aromatic N) is 4. The number of aromatic nitrogens is 1. The Hall–Kier alpha value is -2.44. The van der Waals surface area contributed by atoms with Gasteiger partial charge in [-0.05, 0) is 18.9 Å². The molecule has 1 aromatic heterocycles. The van der Waals surface area contributed by atoms with E-state index in [2.05, 4.69) is 4.98 Å². The second kappa shape index (κ2) is 8.29. The van der Waals surface area contributed by atoms with Crippen LogP contribution in [-0.2, 0) is 4.79 Å². The number of hydrogen-bond donors (Lipinski definition) is 0. The van der Waals surface area contributed by atoms with Crippen LogP contribution in [0.4, 0.5) is 0 Å². The van der Waals surface area contributed by atoms with Gasteiger partial charge in [-0.3, -0.25) is 19.4 Å². The topological polar surface area (TPSA) is 73.8 Å². The molecule has 0 N–H and O–H groups in total. The number of piperazine rings is 1. The molecule has 0 unspecified atom stereocenters. The van der Waals surface area contributed by atoms with Crippen LogP contribution in [0.25, 0.3) is 0 Å². The number of likely N-dealkylation sites (tertiary alicyclic amines) is 1. The molecular formula is C19H26N4O3. The number of rotatable bonds is 2. The third-order valence-corrected chi connectivity index (χ3v) is 5.14. The van der Waals surface area contributed by atoms with Crippen LogP contribution in [-0.4, -0.2) is 76.7 Å². The van der Waals surface area contributed by atoms with Crippen molar-refractivity contribution in [2.45, 2.75) is 32.6 Å². The SMILES string of the molecule is CC(=O)N1CCN(C(=O)c2cncc(C(=O)N3CCCCCC3)c2)CC1. The summed E-state index contributed by atoms with van der Waals surface area (Å²) in [5.41, 5.74) is 0.905. The van der Waals surface area contributed by atoms with Crippen LogP contribution in [0, 0.1) is 0 Å². The molecule has 0 saturated carbocycles. The smallest absolute Gasteiger partial charge is 0.255 e. The summed E-state index contributed by atoms with van der Waals surface area (Å²) in [4.78, 5) is 46.3. The molecule has 0 atom stereocenters. The first kappa shape index (κ1) is 18.4. The number of hydrogen-bond acceptors (Lipinski definition) is 4. The molecule has 0 aliphatic carbocycles. The van der Waals surface area contributed by atoms with Gasteiger partial charge in [-0.2, -0.15) is 0 Å². The van der Waals surface area contributed by atoms with Gasteiger partial charge in [0.1, 0.15) is 0 Å². The van der Waals surface area contributed by atoms with E-state index >= 15 is 0 Å². The fourth-order valence-corrected chi connectivity index (χ4v) is 3.54. The first-order chi connectivity index (χ1) is 12.6. The molecule has 3 rings (SSSR count). The van der Waals surface area contributed by atoms with Crippen molar-refractivity contribution in [3.05, 3.63) is 29.6 Å². The van der Waals surface area contributed by atoms with E-state index in [4.69, 9.17) is 0 Å². The van der Waals surface area contributed by atoms with E-state index < -0.39 is 0 Å². The third-order valence-electron chi connectivity index (χ3n) is 5.14. The Kier molecular flexibility index (Phi) is 5.85. The molecule has 0 spiro atoms. The fraction of sp³-hybridized carbons (Fsp3) is 0.579. The number of amides is 3. The van der Waals surface area contributed by atoms with E-state index in [1.807, 2.05) is 4.90 Å². The molecule has 0 aromatic carbocycles. The highest BCUT2D eigenvalue weighted by molar-refractivity contribution is 5.99. The van der Waals surface area contributed by atoms with E-state index in [9.17, 15) is 14.4 Å². The van der Waals surface area contributed by atoms with Crippen molar-refractivity contribution in [2.75, 3.05) is 39.3 Å². The number of carbonyl (C=O) groups is 3. The lowest BCUT2D eigenvalue weighted by molar-refractivity contribution is -0.130. The summed E-state index contributed by atoms with van der Waals surface area (Å²) in [5.74, 6) is -0.148. The summed E-state index contributed by atoms with van der Waals surface area (Å²) >= 11 is 0. The van der Waals surface area contributed by atoms with Gasteiger partial charge in [-0.25, -0.2) is 0 Å². The van der Waals surface area contributed by atoms with E-state index in [-0.39, 0.29) is 17.7 Å². The minimum Gasteiger partial charge on any atom is -0.339 e. The van der Waals surface area contributed by atoms with Crippen molar-refractivity contribution in [3.8, 4) is 0 Å². The van der Waals surface area contributed by atoms with Gasteiger partial charge in [0.25, 0.3) is 11.8 Å². The minimum atomic E-state index is -0.133. The van der Waals surface area contributed by atoms with Crippen molar-refractivity contribution in [1.82, 2.24) is 19.7 Å². The fourth-order valence-electron chi connectivity index (χ4n) is 3.54. The summed E-state index contributed by atoms with van der Waals surface area (Å²) in [6, 6.07) is 1.65. The summed E-state index contributed by atoms with van der Waals surface area (Å²) in [7, 11) is 0. The summed E-state index contributed by atoms with van der Waals surface area (Å²) in [5, 5.41) is 0. The molecular weight excluding hydrogens is 332 g/mol. The molecule has 2 saturated heterocycles. The van der Waals surface area contributed by atoms with Gasteiger partial charge >= 0.3 is 0 Å². The van der Waals surface area contributed by atoms with Gasteiger partial charge in [-0.1, -0.05) is 12.8 Å². The van der Waals surface area contributed by atoms with Crippen LogP contribution in [0.1, 0.15) is 53.3 Å². The predicted octanol–water partition coefficient (Wildman–Crippen LogP) is 1.40. The average molecular weight is 358 g/mol. The molecule has 3 heterocycles. The lowest BCUT2D eigenvalue weighted by atomic mass is 10.1. The molecule has 7 nitrogen and oxygen atoms in total. The maximum atomic E-state index is 12.7. The maximum Gasteiger partial charge on any atom is 0.255 e. The number of pyridine rings is 1. The van der Waals surface area contributed by atoms with Gasteiger partial charge in [0.15, 0.2) is 0 Å². The number of carbonyl (C=O) groups excluding carboxylic acids is 3. The van der Waals surface area contributed by atoms with Crippen molar-refractivity contribution >= 4 is 17.7 Å². The molecule has 140 valence electrons. The van der Waals surface area contributed by atoms with Crippen molar-refractivity contribution in [3.63, 3.8) is 0 Å². The molecule has 2 aliphatic heterocycles.